The highest BCUT2D eigenvalue weighted by molar-refractivity contribution is 5.84. The quantitative estimate of drug-likeness (QED) is 0.384. The maximum Gasteiger partial charge on any atom is 0.167 e. The van der Waals surface area contributed by atoms with E-state index in [0.29, 0.717) is 17.0 Å². The van der Waals surface area contributed by atoms with Crippen molar-refractivity contribution < 1.29 is 20.1 Å². The zero-order valence-corrected chi connectivity index (χ0v) is 16.8. The highest BCUT2D eigenvalue weighted by Crippen LogP contribution is 2.32. The normalized spacial score (nSPS) is 24.6. The maximum absolute atomic E-state index is 10.3. The number of benzene rings is 2. The second-order valence-electron chi connectivity index (χ2n) is 7.75. The monoisotopic (exact) mass is 421 g/mol. The van der Waals surface area contributed by atoms with E-state index in [2.05, 4.69) is 50.6 Å². The van der Waals surface area contributed by atoms with Gasteiger partial charge in [0.15, 0.2) is 23.2 Å². The molecule has 2 unspecified atom stereocenters. The summed E-state index contributed by atoms with van der Waals surface area (Å²) >= 11 is 0. The van der Waals surface area contributed by atoms with Crippen LogP contribution in [0.2, 0.25) is 0 Å². The summed E-state index contributed by atoms with van der Waals surface area (Å²) < 4.78 is 7.16. The van der Waals surface area contributed by atoms with Crippen LogP contribution in [0.25, 0.3) is 21.9 Å². The molecule has 160 valence electrons. The van der Waals surface area contributed by atoms with E-state index >= 15 is 0 Å². The molecule has 0 bridgehead atoms. The third kappa shape index (κ3) is 3.41. The molecule has 0 saturated carbocycles. The minimum Gasteiger partial charge on any atom is -0.394 e. The van der Waals surface area contributed by atoms with Crippen molar-refractivity contribution in [3.05, 3.63) is 60.7 Å². The van der Waals surface area contributed by atoms with Gasteiger partial charge >= 0.3 is 0 Å². The number of hydrogen-bond acceptors (Lipinski definition) is 8. The van der Waals surface area contributed by atoms with Crippen LogP contribution in [-0.2, 0) is 4.74 Å². The summed E-state index contributed by atoms with van der Waals surface area (Å²) in [6.45, 7) is 1.65. The summed E-state index contributed by atoms with van der Waals surface area (Å²) in [5.74, 6) is 0.552. The number of rotatable bonds is 5. The van der Waals surface area contributed by atoms with Crippen molar-refractivity contribution in [2.75, 3.05) is 11.9 Å². The molecule has 0 radical (unpaired) electrons. The number of anilines is 1. The number of aliphatic hydroxyl groups excluding tert-OH is 3. The fraction of sp³-hybridized carbons (Fsp3) is 0.318. The Bertz CT molecular complexity index is 1230. The maximum atomic E-state index is 10.3. The van der Waals surface area contributed by atoms with Crippen LogP contribution in [0.5, 0.6) is 0 Å². The molecule has 0 amide bonds. The molecule has 5 rings (SSSR count). The van der Waals surface area contributed by atoms with E-state index in [1.807, 2.05) is 19.1 Å². The molecule has 3 heterocycles. The van der Waals surface area contributed by atoms with Crippen LogP contribution in [0, 0.1) is 0 Å². The minimum atomic E-state index is -1.21. The fourth-order valence-electron chi connectivity index (χ4n) is 4.02. The molecule has 1 saturated heterocycles. The standard InChI is InChI=1S/C22H23N5O4/c1-12(14-7-6-13-4-2-3-5-15(13)8-14)26-20-17-21(24-10-23-20)27(11-25-17)22-19(30)18(29)16(9-28)31-22/h2-8,10-12,16,18-19,22,28-30H,9H2,1H3,(H,23,24,26)/t12?,16-,18?,19+,22-/m1/s1. The summed E-state index contributed by atoms with van der Waals surface area (Å²) in [7, 11) is 0. The molecular weight excluding hydrogens is 398 g/mol. The second kappa shape index (κ2) is 7.86. The predicted octanol–water partition coefficient (Wildman–Crippen LogP) is 1.76. The van der Waals surface area contributed by atoms with Crippen LogP contribution < -0.4 is 5.32 Å². The summed E-state index contributed by atoms with van der Waals surface area (Å²) in [4.78, 5) is 13.1. The Morgan fingerprint density at radius 1 is 1.06 bits per heavy atom. The molecule has 1 aliphatic heterocycles. The van der Waals surface area contributed by atoms with Crippen molar-refractivity contribution in [2.24, 2.45) is 0 Å². The van der Waals surface area contributed by atoms with Crippen molar-refractivity contribution in [2.45, 2.75) is 37.5 Å². The fourth-order valence-corrected chi connectivity index (χ4v) is 4.02. The van der Waals surface area contributed by atoms with Gasteiger partial charge in [-0.3, -0.25) is 4.57 Å². The van der Waals surface area contributed by atoms with Gasteiger partial charge in [0.1, 0.15) is 24.6 Å². The van der Waals surface area contributed by atoms with Gasteiger partial charge in [-0.25, -0.2) is 15.0 Å². The summed E-state index contributed by atoms with van der Waals surface area (Å²) in [5, 5.41) is 35.5. The number of fused-ring (bicyclic) bond motifs is 2. The number of aromatic nitrogens is 4. The molecule has 1 fully saturated rings. The van der Waals surface area contributed by atoms with Gasteiger partial charge in [-0.1, -0.05) is 36.4 Å². The van der Waals surface area contributed by atoms with Gasteiger partial charge in [0, 0.05) is 0 Å². The Morgan fingerprint density at radius 2 is 1.87 bits per heavy atom. The zero-order valence-electron chi connectivity index (χ0n) is 16.8. The van der Waals surface area contributed by atoms with Gasteiger partial charge < -0.3 is 25.4 Å². The van der Waals surface area contributed by atoms with Crippen molar-refractivity contribution in [1.29, 1.82) is 0 Å². The Morgan fingerprint density at radius 3 is 2.65 bits per heavy atom. The number of aliphatic hydroxyl groups is 3. The van der Waals surface area contributed by atoms with Crippen LogP contribution in [0.1, 0.15) is 24.8 Å². The lowest BCUT2D eigenvalue weighted by Gasteiger charge is -2.17. The van der Waals surface area contributed by atoms with E-state index in [1.54, 1.807) is 4.57 Å². The van der Waals surface area contributed by atoms with Gasteiger partial charge in [-0.2, -0.15) is 0 Å². The minimum absolute atomic E-state index is 0.0400. The molecule has 2 aromatic carbocycles. The molecule has 4 N–H and O–H groups in total. The molecule has 4 aromatic rings. The molecule has 31 heavy (non-hydrogen) atoms. The van der Waals surface area contributed by atoms with Gasteiger partial charge in [-0.15, -0.1) is 0 Å². The Hall–Kier alpha value is -3.11. The molecule has 9 heteroatoms. The van der Waals surface area contributed by atoms with Crippen LogP contribution in [0.4, 0.5) is 5.82 Å². The highest BCUT2D eigenvalue weighted by Gasteiger charge is 2.44. The van der Waals surface area contributed by atoms with Gasteiger partial charge in [0.2, 0.25) is 0 Å². The van der Waals surface area contributed by atoms with Crippen LogP contribution in [-0.4, -0.2) is 59.8 Å². The van der Waals surface area contributed by atoms with Crippen molar-refractivity contribution in [3.63, 3.8) is 0 Å². The second-order valence-corrected chi connectivity index (χ2v) is 7.75. The lowest BCUT2D eigenvalue weighted by atomic mass is 10.0. The summed E-state index contributed by atoms with van der Waals surface area (Å²) in [5.41, 5.74) is 2.08. The third-order valence-electron chi connectivity index (χ3n) is 5.78. The predicted molar refractivity (Wildman–Crippen MR) is 114 cm³/mol. The first kappa shape index (κ1) is 19.8. The van der Waals surface area contributed by atoms with Crippen LogP contribution >= 0.6 is 0 Å². The van der Waals surface area contributed by atoms with Gasteiger partial charge in [0.05, 0.1) is 19.0 Å². The Balaban J connectivity index is 1.44. The smallest absolute Gasteiger partial charge is 0.167 e. The average Bonchev–Trinajstić information content (AvgIpc) is 3.35. The molecule has 0 spiro atoms. The summed E-state index contributed by atoms with van der Waals surface area (Å²) in [6.07, 6.45) is -1.28. The number of ether oxygens (including phenoxy) is 1. The van der Waals surface area contributed by atoms with E-state index in [1.165, 1.54) is 18.0 Å². The Labute approximate surface area is 178 Å². The number of hydrogen-bond donors (Lipinski definition) is 4. The van der Waals surface area contributed by atoms with Crippen LogP contribution in [0.3, 0.4) is 0 Å². The molecular formula is C22H23N5O4. The first-order valence-corrected chi connectivity index (χ1v) is 10.1. The molecule has 5 atom stereocenters. The summed E-state index contributed by atoms with van der Waals surface area (Å²) in [6, 6.07) is 14.5. The van der Waals surface area contributed by atoms with Gasteiger partial charge in [-0.05, 0) is 29.3 Å². The van der Waals surface area contributed by atoms with E-state index in [-0.39, 0.29) is 6.04 Å². The molecule has 9 nitrogen and oxygen atoms in total. The average molecular weight is 421 g/mol. The zero-order chi connectivity index (χ0) is 21.5. The van der Waals surface area contributed by atoms with E-state index in [4.69, 9.17) is 4.74 Å². The van der Waals surface area contributed by atoms with E-state index < -0.39 is 31.1 Å². The molecule has 2 aromatic heterocycles. The first-order valence-electron chi connectivity index (χ1n) is 10.1. The molecule has 0 aliphatic carbocycles. The highest BCUT2D eigenvalue weighted by atomic mass is 16.6. The lowest BCUT2D eigenvalue weighted by Crippen LogP contribution is -2.33. The lowest BCUT2D eigenvalue weighted by molar-refractivity contribution is -0.0511. The van der Waals surface area contributed by atoms with Crippen molar-refractivity contribution in [3.8, 4) is 0 Å². The van der Waals surface area contributed by atoms with Crippen molar-refractivity contribution in [1.82, 2.24) is 19.5 Å². The number of imidazole rings is 1. The van der Waals surface area contributed by atoms with Crippen LogP contribution in [0.15, 0.2) is 55.1 Å². The SMILES string of the molecule is CC(Nc1ncnc2c1ncn2[C@@H]1O[C@H](CO)C(O)[C@@H]1O)c1ccc2ccccc2c1. The first-order chi connectivity index (χ1) is 15.1. The van der Waals surface area contributed by atoms with E-state index in [0.717, 1.165) is 10.9 Å². The Kier molecular flexibility index (Phi) is 5.03. The number of nitrogens with zero attached hydrogens (tertiary/aromatic N) is 4. The number of nitrogens with one attached hydrogen (secondary N) is 1. The van der Waals surface area contributed by atoms with E-state index in [9.17, 15) is 15.3 Å². The molecule has 1 aliphatic rings. The topological polar surface area (TPSA) is 126 Å². The van der Waals surface area contributed by atoms with Crippen molar-refractivity contribution >= 4 is 27.8 Å². The third-order valence-corrected chi connectivity index (χ3v) is 5.78. The largest absolute Gasteiger partial charge is 0.394 e. The van der Waals surface area contributed by atoms with Gasteiger partial charge in [0.25, 0.3) is 0 Å².